The van der Waals surface area contributed by atoms with Crippen LogP contribution >= 0.6 is 0 Å². The minimum absolute atomic E-state index is 0.326. The molecule has 3 aromatic carbocycles. The number of hydrogen-bond acceptors (Lipinski definition) is 8. The second-order valence-electron chi connectivity index (χ2n) is 7.91. The monoisotopic (exact) mass is 515 g/mol. The van der Waals surface area contributed by atoms with Crippen LogP contribution in [0.1, 0.15) is 15.9 Å². The fourth-order valence-corrected chi connectivity index (χ4v) is 3.82. The van der Waals surface area contributed by atoms with Crippen molar-refractivity contribution < 1.29 is 33.6 Å². The highest BCUT2D eigenvalue weighted by Gasteiger charge is 2.18. The predicted molar refractivity (Wildman–Crippen MR) is 141 cm³/mol. The highest BCUT2D eigenvalue weighted by Crippen LogP contribution is 2.41. The maximum atomic E-state index is 13.2. The summed E-state index contributed by atoms with van der Waals surface area (Å²) < 4.78 is 21.6. The first-order valence-corrected chi connectivity index (χ1v) is 11.4. The van der Waals surface area contributed by atoms with Crippen molar-refractivity contribution in [2.75, 3.05) is 27.9 Å². The number of rotatable bonds is 10. The van der Waals surface area contributed by atoms with Crippen molar-refractivity contribution in [2.45, 2.75) is 0 Å². The second kappa shape index (κ2) is 11.7. The van der Waals surface area contributed by atoms with E-state index < -0.39 is 18.5 Å². The molecule has 0 bridgehead atoms. The van der Waals surface area contributed by atoms with Gasteiger partial charge in [-0.25, -0.2) is 15.2 Å². The molecule has 4 rings (SSSR count). The van der Waals surface area contributed by atoms with Crippen molar-refractivity contribution in [2.24, 2.45) is 5.10 Å². The Hall–Kier alpha value is -5.12. The van der Waals surface area contributed by atoms with E-state index in [0.717, 1.165) is 0 Å². The van der Waals surface area contributed by atoms with Crippen LogP contribution in [0.4, 0.5) is 0 Å². The number of ether oxygens (including phenoxy) is 4. The molecule has 0 saturated heterocycles. The third-order valence-electron chi connectivity index (χ3n) is 5.56. The molecule has 0 radical (unpaired) electrons. The molecule has 0 fully saturated rings. The van der Waals surface area contributed by atoms with Gasteiger partial charge in [-0.1, -0.05) is 30.3 Å². The number of aliphatic carboxylic acids is 1. The summed E-state index contributed by atoms with van der Waals surface area (Å²) in [6, 6.07) is 19.2. The summed E-state index contributed by atoms with van der Waals surface area (Å²) in [5.41, 5.74) is 5.18. The largest absolute Gasteiger partial charge is 0.493 e. The first-order chi connectivity index (χ1) is 18.4. The lowest BCUT2D eigenvalue weighted by molar-refractivity contribution is -0.139. The standard InChI is InChI=1S/C28H25N3O7/c1-35-24-12-18(13-25(36-2)27(24)37-3)22-14-20(19-9-5-6-10-21(19)30-22)28(34)31-29-15-17-8-4-7-11-23(17)38-16-26(32)33/h4-15H,16H2,1-3H3,(H,31,34)(H,32,33)/b29-15+. The zero-order valence-corrected chi connectivity index (χ0v) is 20.9. The van der Waals surface area contributed by atoms with Crippen LogP contribution < -0.4 is 24.4 Å². The number of aromatic nitrogens is 1. The molecule has 1 aromatic heterocycles. The number of pyridine rings is 1. The van der Waals surface area contributed by atoms with E-state index in [4.69, 9.17) is 29.0 Å². The number of para-hydroxylation sites is 2. The Morgan fingerprint density at radius 1 is 0.921 bits per heavy atom. The maximum Gasteiger partial charge on any atom is 0.341 e. The Kier molecular flexibility index (Phi) is 8.02. The van der Waals surface area contributed by atoms with Gasteiger partial charge in [0.2, 0.25) is 5.75 Å². The summed E-state index contributed by atoms with van der Waals surface area (Å²) in [6.45, 7) is -0.496. The number of carbonyl (C=O) groups excluding carboxylic acids is 1. The molecule has 1 amide bonds. The highest BCUT2D eigenvalue weighted by molar-refractivity contribution is 6.07. The normalized spacial score (nSPS) is 10.8. The smallest absolute Gasteiger partial charge is 0.341 e. The number of hydrogen-bond donors (Lipinski definition) is 2. The molecule has 0 saturated carbocycles. The van der Waals surface area contributed by atoms with Gasteiger partial charge in [0.25, 0.3) is 5.91 Å². The lowest BCUT2D eigenvalue weighted by atomic mass is 10.0. The Morgan fingerprint density at radius 3 is 2.29 bits per heavy atom. The van der Waals surface area contributed by atoms with Crippen LogP contribution in [0.25, 0.3) is 22.2 Å². The van der Waals surface area contributed by atoms with E-state index in [0.29, 0.717) is 56.3 Å². The van der Waals surface area contributed by atoms with Gasteiger partial charge in [-0.2, -0.15) is 5.10 Å². The van der Waals surface area contributed by atoms with Crippen LogP contribution in [-0.2, 0) is 4.79 Å². The van der Waals surface area contributed by atoms with Gasteiger partial charge in [0.15, 0.2) is 18.1 Å². The molecule has 0 unspecified atom stereocenters. The molecule has 0 aliphatic carbocycles. The predicted octanol–water partition coefficient (Wildman–Crippen LogP) is 4.15. The molecular formula is C28H25N3O7. The van der Waals surface area contributed by atoms with Crippen LogP contribution in [0.2, 0.25) is 0 Å². The van der Waals surface area contributed by atoms with Crippen LogP contribution in [0, 0.1) is 0 Å². The molecule has 2 N–H and O–H groups in total. The van der Waals surface area contributed by atoms with Gasteiger partial charge in [-0.05, 0) is 36.4 Å². The van der Waals surface area contributed by atoms with Gasteiger partial charge < -0.3 is 24.1 Å². The summed E-state index contributed by atoms with van der Waals surface area (Å²) in [5.74, 6) is 0.119. The molecule has 0 aliphatic rings. The average molecular weight is 516 g/mol. The number of amides is 1. The Morgan fingerprint density at radius 2 is 1.61 bits per heavy atom. The molecular weight excluding hydrogens is 490 g/mol. The molecule has 10 heteroatoms. The first-order valence-electron chi connectivity index (χ1n) is 11.4. The van der Waals surface area contributed by atoms with Crippen molar-refractivity contribution in [3.8, 4) is 34.3 Å². The topological polar surface area (TPSA) is 129 Å². The van der Waals surface area contributed by atoms with Crippen LogP contribution in [0.5, 0.6) is 23.0 Å². The zero-order valence-electron chi connectivity index (χ0n) is 20.9. The quantitative estimate of drug-likeness (QED) is 0.238. The molecule has 194 valence electrons. The molecule has 38 heavy (non-hydrogen) atoms. The van der Waals surface area contributed by atoms with Crippen molar-refractivity contribution >= 4 is 29.0 Å². The molecule has 0 atom stereocenters. The highest BCUT2D eigenvalue weighted by atomic mass is 16.5. The van der Waals surface area contributed by atoms with Crippen molar-refractivity contribution in [1.29, 1.82) is 0 Å². The fraction of sp³-hybridized carbons (Fsp3) is 0.143. The summed E-state index contributed by atoms with van der Waals surface area (Å²) in [6.07, 6.45) is 1.39. The number of methoxy groups -OCH3 is 3. The average Bonchev–Trinajstić information content (AvgIpc) is 2.94. The van der Waals surface area contributed by atoms with Gasteiger partial charge in [0.05, 0.1) is 44.3 Å². The lowest BCUT2D eigenvalue weighted by Gasteiger charge is -2.15. The van der Waals surface area contributed by atoms with E-state index >= 15 is 0 Å². The Labute approximate surface area is 218 Å². The number of carboxylic acid groups (broad SMARTS) is 1. The number of carbonyl (C=O) groups is 2. The van der Waals surface area contributed by atoms with Gasteiger partial charge in [0.1, 0.15) is 5.75 Å². The first kappa shape index (κ1) is 26.0. The minimum Gasteiger partial charge on any atom is -0.493 e. The van der Waals surface area contributed by atoms with E-state index in [-0.39, 0.29) is 0 Å². The summed E-state index contributed by atoms with van der Waals surface area (Å²) in [4.78, 5) is 28.8. The van der Waals surface area contributed by atoms with E-state index in [9.17, 15) is 9.59 Å². The minimum atomic E-state index is -1.10. The molecule has 1 heterocycles. The maximum absolute atomic E-state index is 13.2. The number of benzene rings is 3. The number of carboxylic acids is 1. The molecule has 10 nitrogen and oxygen atoms in total. The fourth-order valence-electron chi connectivity index (χ4n) is 3.82. The third-order valence-corrected chi connectivity index (χ3v) is 5.56. The van der Waals surface area contributed by atoms with E-state index in [1.807, 2.05) is 18.2 Å². The van der Waals surface area contributed by atoms with Crippen molar-refractivity contribution in [1.82, 2.24) is 10.4 Å². The third kappa shape index (κ3) is 5.65. The van der Waals surface area contributed by atoms with Crippen LogP contribution in [0.3, 0.4) is 0 Å². The lowest BCUT2D eigenvalue weighted by Crippen LogP contribution is -2.18. The summed E-state index contributed by atoms with van der Waals surface area (Å²) >= 11 is 0. The second-order valence-corrected chi connectivity index (χ2v) is 7.91. The van der Waals surface area contributed by atoms with Crippen molar-refractivity contribution in [3.63, 3.8) is 0 Å². The number of nitrogens with zero attached hydrogens (tertiary/aromatic N) is 2. The van der Waals surface area contributed by atoms with Gasteiger partial charge in [0, 0.05) is 16.5 Å². The molecule has 0 aliphatic heterocycles. The zero-order chi connectivity index (χ0) is 27.1. The Bertz CT molecular complexity index is 1490. The Balaban J connectivity index is 1.68. The van der Waals surface area contributed by atoms with Gasteiger partial charge in [-0.3, -0.25) is 4.79 Å². The number of nitrogens with one attached hydrogen (secondary N) is 1. The van der Waals surface area contributed by atoms with E-state index in [2.05, 4.69) is 10.5 Å². The van der Waals surface area contributed by atoms with Crippen LogP contribution in [0.15, 0.2) is 71.8 Å². The van der Waals surface area contributed by atoms with Crippen molar-refractivity contribution in [3.05, 3.63) is 77.9 Å². The summed E-state index contributed by atoms with van der Waals surface area (Å²) in [7, 11) is 4.57. The SMILES string of the molecule is COc1cc(-c2cc(C(=O)N/N=C/c3ccccc3OCC(=O)O)c3ccccc3n2)cc(OC)c1OC. The van der Waals surface area contributed by atoms with Gasteiger partial charge in [-0.15, -0.1) is 0 Å². The molecule has 0 spiro atoms. The molecule has 4 aromatic rings. The van der Waals surface area contributed by atoms with E-state index in [1.165, 1.54) is 27.5 Å². The summed E-state index contributed by atoms with van der Waals surface area (Å²) in [5, 5.41) is 13.6. The van der Waals surface area contributed by atoms with E-state index in [1.54, 1.807) is 48.5 Å². The number of fused-ring (bicyclic) bond motifs is 1. The van der Waals surface area contributed by atoms with Gasteiger partial charge >= 0.3 is 5.97 Å². The van der Waals surface area contributed by atoms with Crippen LogP contribution in [-0.4, -0.2) is 56.1 Å². The number of hydrazone groups is 1.